The second kappa shape index (κ2) is 10.1. The first-order valence-electron chi connectivity index (χ1n) is 10.4. The molecule has 4 rings (SSSR count). The second-order valence-electron chi connectivity index (χ2n) is 7.49. The zero-order valence-electron chi connectivity index (χ0n) is 18.2. The number of halogens is 2. The molecule has 1 aromatic carbocycles. The van der Waals surface area contributed by atoms with E-state index < -0.39 is 35.4 Å². The van der Waals surface area contributed by atoms with Gasteiger partial charge in [0.1, 0.15) is 12.3 Å². The Balaban J connectivity index is 1.33. The summed E-state index contributed by atoms with van der Waals surface area (Å²) in [5, 5.41) is 23.8. The van der Waals surface area contributed by atoms with E-state index in [-0.39, 0.29) is 18.9 Å². The van der Waals surface area contributed by atoms with E-state index in [4.69, 9.17) is 0 Å². The zero-order chi connectivity index (χ0) is 24.8. The smallest absolute Gasteiger partial charge is 0.310 e. The summed E-state index contributed by atoms with van der Waals surface area (Å²) in [7, 11) is 0. The van der Waals surface area contributed by atoms with Gasteiger partial charge in [-0.15, -0.1) is 5.11 Å². The predicted octanol–water partition coefficient (Wildman–Crippen LogP) is 1.51. The Morgan fingerprint density at radius 1 is 1.17 bits per heavy atom. The standard InChI is InChI=1S/C21H21F2N9O3/c22-21(23,18-16(33)2-1-7-24-18)12-27-19-20(35)31(9-8-25-19)11-17(34)26-10-14-3-5-15(6-4-14)32-13-28-29-30-32/h1-9,33H,10-13H2,(H,25,27)(H,26,34)(H,28,30). The number of alkyl halides is 2. The highest BCUT2D eigenvalue weighted by atomic mass is 19.3. The van der Waals surface area contributed by atoms with Crippen LogP contribution >= 0.6 is 0 Å². The summed E-state index contributed by atoms with van der Waals surface area (Å²) in [5.41, 5.74) is 2.85. The number of amides is 1. The van der Waals surface area contributed by atoms with Crippen molar-refractivity contribution >= 4 is 17.4 Å². The summed E-state index contributed by atoms with van der Waals surface area (Å²) in [5.74, 6) is -5.04. The lowest BCUT2D eigenvalue weighted by Gasteiger charge is -2.17. The summed E-state index contributed by atoms with van der Waals surface area (Å²) >= 11 is 0. The van der Waals surface area contributed by atoms with Gasteiger partial charge in [-0.1, -0.05) is 17.4 Å². The Kier molecular flexibility index (Phi) is 6.80. The van der Waals surface area contributed by atoms with E-state index in [2.05, 4.69) is 36.5 Å². The van der Waals surface area contributed by atoms with Gasteiger partial charge in [-0.25, -0.2) is 9.99 Å². The molecule has 182 valence electrons. The van der Waals surface area contributed by atoms with Crippen LogP contribution < -0.4 is 26.7 Å². The van der Waals surface area contributed by atoms with E-state index in [0.717, 1.165) is 28.1 Å². The number of hydrazine groups is 1. The highest BCUT2D eigenvalue weighted by molar-refractivity contribution is 5.75. The van der Waals surface area contributed by atoms with Crippen LogP contribution in [0.1, 0.15) is 11.3 Å². The van der Waals surface area contributed by atoms with Crippen LogP contribution in [0.2, 0.25) is 0 Å². The Labute approximate surface area is 197 Å². The molecule has 1 amide bonds. The lowest BCUT2D eigenvalue weighted by atomic mass is 10.2. The van der Waals surface area contributed by atoms with Crippen LogP contribution in [0.4, 0.5) is 20.3 Å². The molecule has 12 nitrogen and oxygen atoms in total. The van der Waals surface area contributed by atoms with E-state index in [1.807, 2.05) is 24.3 Å². The molecular weight excluding hydrogens is 464 g/mol. The van der Waals surface area contributed by atoms with Gasteiger partial charge < -0.3 is 20.3 Å². The molecule has 0 bridgehead atoms. The summed E-state index contributed by atoms with van der Waals surface area (Å²) in [4.78, 5) is 32.2. The SMILES string of the molecule is O=C(Cn1ccnc(NCC(F)(F)c2ncccc2O)c1=O)NCc1ccc(N2CN=NN2)cc1. The average Bonchev–Trinajstić information content (AvgIpc) is 3.39. The van der Waals surface area contributed by atoms with Crippen molar-refractivity contribution in [1.82, 2.24) is 25.4 Å². The molecule has 0 saturated carbocycles. The zero-order valence-corrected chi connectivity index (χ0v) is 18.2. The largest absolute Gasteiger partial charge is 0.506 e. The quantitative estimate of drug-likeness (QED) is 0.356. The number of nitrogens with one attached hydrogen (secondary N) is 3. The maximum atomic E-state index is 14.4. The van der Waals surface area contributed by atoms with E-state index in [9.17, 15) is 23.5 Å². The van der Waals surface area contributed by atoms with E-state index in [1.165, 1.54) is 18.5 Å². The van der Waals surface area contributed by atoms with Gasteiger partial charge in [-0.05, 0) is 29.8 Å². The normalized spacial score (nSPS) is 12.9. The molecule has 4 N–H and O–H groups in total. The molecule has 0 spiro atoms. The van der Waals surface area contributed by atoms with Gasteiger partial charge in [-0.2, -0.15) is 14.3 Å². The number of carbonyl (C=O) groups excluding carboxylic acids is 1. The molecule has 1 aliphatic rings. The first kappa shape index (κ1) is 23.5. The van der Waals surface area contributed by atoms with Crippen LogP contribution in [0.25, 0.3) is 0 Å². The van der Waals surface area contributed by atoms with Gasteiger partial charge >= 0.3 is 5.92 Å². The molecular formula is C21H21F2N9O3. The number of benzene rings is 1. The van der Waals surface area contributed by atoms with Gasteiger partial charge in [0.2, 0.25) is 5.91 Å². The number of nitrogens with zero attached hydrogens (tertiary/aromatic N) is 6. The van der Waals surface area contributed by atoms with Crippen LogP contribution in [-0.4, -0.2) is 38.8 Å². The van der Waals surface area contributed by atoms with Crippen molar-refractivity contribution in [3.05, 3.63) is 76.6 Å². The maximum absolute atomic E-state index is 14.4. The highest BCUT2D eigenvalue weighted by Crippen LogP contribution is 2.32. The van der Waals surface area contributed by atoms with Gasteiger partial charge in [0, 0.05) is 25.1 Å². The summed E-state index contributed by atoms with van der Waals surface area (Å²) in [6.07, 6.45) is 3.63. The molecule has 3 aromatic rings. The number of carbonyl (C=O) groups is 1. The van der Waals surface area contributed by atoms with Crippen molar-refractivity contribution in [3.8, 4) is 5.75 Å². The Morgan fingerprint density at radius 3 is 2.69 bits per heavy atom. The molecule has 0 aliphatic carbocycles. The summed E-state index contributed by atoms with van der Waals surface area (Å²) in [6.45, 7) is -0.726. The minimum absolute atomic E-state index is 0.228. The third-order valence-corrected chi connectivity index (χ3v) is 5.02. The molecule has 3 heterocycles. The first-order chi connectivity index (χ1) is 16.8. The fourth-order valence-electron chi connectivity index (χ4n) is 3.21. The lowest BCUT2D eigenvalue weighted by molar-refractivity contribution is -0.121. The van der Waals surface area contributed by atoms with Gasteiger partial charge in [0.15, 0.2) is 18.2 Å². The number of hydrogen-bond acceptors (Lipinski definition) is 10. The minimum atomic E-state index is -3.57. The number of rotatable bonds is 9. The number of anilines is 2. The van der Waals surface area contributed by atoms with Crippen molar-refractivity contribution in [3.63, 3.8) is 0 Å². The number of pyridine rings is 1. The van der Waals surface area contributed by atoms with E-state index in [1.54, 1.807) is 5.01 Å². The third kappa shape index (κ3) is 5.66. The summed E-state index contributed by atoms with van der Waals surface area (Å²) in [6, 6.07) is 9.76. The average molecular weight is 485 g/mol. The number of aromatic hydroxyl groups is 1. The molecule has 0 atom stereocenters. The van der Waals surface area contributed by atoms with E-state index in [0.29, 0.717) is 6.67 Å². The fourth-order valence-corrected chi connectivity index (χ4v) is 3.21. The topological polar surface area (TPSA) is 149 Å². The van der Waals surface area contributed by atoms with E-state index >= 15 is 0 Å². The van der Waals surface area contributed by atoms with Crippen molar-refractivity contribution in [1.29, 1.82) is 0 Å². The molecule has 0 radical (unpaired) electrons. The fraction of sp³-hybridized carbons (Fsp3) is 0.238. The van der Waals surface area contributed by atoms with Gasteiger partial charge in [0.25, 0.3) is 5.56 Å². The maximum Gasteiger partial charge on any atom is 0.310 e. The van der Waals surface area contributed by atoms with Gasteiger partial charge in [0.05, 0.1) is 12.2 Å². The number of hydrogen-bond donors (Lipinski definition) is 4. The van der Waals surface area contributed by atoms with Crippen molar-refractivity contribution in [2.24, 2.45) is 10.3 Å². The van der Waals surface area contributed by atoms with Gasteiger partial charge in [-0.3, -0.25) is 14.6 Å². The molecule has 14 heteroatoms. The Morgan fingerprint density at radius 2 is 1.97 bits per heavy atom. The number of aromatic nitrogens is 3. The Hall–Kier alpha value is -4.62. The monoisotopic (exact) mass is 485 g/mol. The Bertz CT molecular complexity index is 1270. The predicted molar refractivity (Wildman–Crippen MR) is 120 cm³/mol. The summed E-state index contributed by atoms with van der Waals surface area (Å²) < 4.78 is 29.9. The second-order valence-corrected chi connectivity index (χ2v) is 7.49. The molecule has 0 unspecified atom stereocenters. The van der Waals surface area contributed by atoms with Crippen molar-refractivity contribution < 1.29 is 18.7 Å². The lowest BCUT2D eigenvalue weighted by Crippen LogP contribution is -2.34. The van der Waals surface area contributed by atoms with Crippen molar-refractivity contribution in [2.75, 3.05) is 23.5 Å². The molecule has 35 heavy (non-hydrogen) atoms. The minimum Gasteiger partial charge on any atom is -0.506 e. The molecule has 1 aliphatic heterocycles. The van der Waals surface area contributed by atoms with Crippen LogP contribution in [-0.2, 0) is 23.8 Å². The third-order valence-electron chi connectivity index (χ3n) is 5.02. The van der Waals surface area contributed by atoms with Crippen LogP contribution in [0.15, 0.2) is 70.1 Å². The molecule has 0 fully saturated rings. The first-order valence-corrected chi connectivity index (χ1v) is 10.4. The molecule has 0 saturated heterocycles. The highest BCUT2D eigenvalue weighted by Gasteiger charge is 2.36. The molecule has 2 aromatic heterocycles. The van der Waals surface area contributed by atoms with Crippen molar-refractivity contribution in [2.45, 2.75) is 19.0 Å². The van der Waals surface area contributed by atoms with Crippen LogP contribution in [0.5, 0.6) is 5.75 Å². The van der Waals surface area contributed by atoms with Crippen LogP contribution in [0.3, 0.4) is 0 Å². The van der Waals surface area contributed by atoms with Crippen LogP contribution in [0, 0.1) is 0 Å².